The second-order valence-corrected chi connectivity index (χ2v) is 6.86. The Kier molecular flexibility index (Phi) is 10.8. The molecule has 1 aromatic carbocycles. The number of rotatable bonds is 13. The molecule has 0 radical (unpaired) electrons. The Balaban J connectivity index is 3.13. The van der Waals surface area contributed by atoms with Gasteiger partial charge in [-0.25, -0.2) is 0 Å². The summed E-state index contributed by atoms with van der Waals surface area (Å²) in [6.45, 7) is 7.06. The molecule has 0 fully saturated rings. The predicted molar refractivity (Wildman–Crippen MR) is 108 cm³/mol. The molecule has 0 bridgehead atoms. The monoisotopic (exact) mass is 363 g/mol. The molecule has 4 heteroatoms. The van der Waals surface area contributed by atoms with Crippen LogP contribution in [0.2, 0.25) is 0 Å². The molecule has 0 aliphatic carbocycles. The first-order valence-corrected chi connectivity index (χ1v) is 10.1. The van der Waals surface area contributed by atoms with E-state index in [0.29, 0.717) is 24.8 Å². The number of methoxy groups -OCH3 is 2. The summed E-state index contributed by atoms with van der Waals surface area (Å²) in [4.78, 5) is 15.0. The standard InChI is InChI=1S/C22H37NO3/c1-6-9-14-19(15-10-7-2)23(21(24)12-8-3)17-18-13-11-16-20(25-4)22(18)26-5/h11,13,16,19H,6-10,12,14-15,17H2,1-5H3. The summed E-state index contributed by atoms with van der Waals surface area (Å²) < 4.78 is 11.0. The highest BCUT2D eigenvalue weighted by Crippen LogP contribution is 2.32. The van der Waals surface area contributed by atoms with Crippen molar-refractivity contribution in [2.45, 2.75) is 84.7 Å². The van der Waals surface area contributed by atoms with Gasteiger partial charge in [0.15, 0.2) is 11.5 Å². The van der Waals surface area contributed by atoms with E-state index in [1.165, 1.54) is 0 Å². The fourth-order valence-corrected chi connectivity index (χ4v) is 3.38. The second-order valence-electron chi connectivity index (χ2n) is 6.86. The van der Waals surface area contributed by atoms with Crippen molar-refractivity contribution in [3.63, 3.8) is 0 Å². The number of ether oxygens (including phenoxy) is 2. The molecular formula is C22H37NO3. The van der Waals surface area contributed by atoms with Crippen molar-refractivity contribution in [2.75, 3.05) is 14.2 Å². The van der Waals surface area contributed by atoms with Gasteiger partial charge in [0, 0.05) is 24.6 Å². The van der Waals surface area contributed by atoms with Crippen LogP contribution in [-0.4, -0.2) is 31.1 Å². The number of benzene rings is 1. The highest BCUT2D eigenvalue weighted by Gasteiger charge is 2.24. The third-order valence-electron chi connectivity index (χ3n) is 4.83. The fraction of sp³-hybridized carbons (Fsp3) is 0.682. The summed E-state index contributed by atoms with van der Waals surface area (Å²) in [6.07, 6.45) is 8.22. The minimum Gasteiger partial charge on any atom is -0.493 e. The third kappa shape index (κ3) is 6.54. The van der Waals surface area contributed by atoms with Gasteiger partial charge in [-0.15, -0.1) is 0 Å². The van der Waals surface area contributed by atoms with Crippen molar-refractivity contribution in [1.29, 1.82) is 0 Å². The van der Waals surface area contributed by atoms with Crippen LogP contribution >= 0.6 is 0 Å². The lowest BCUT2D eigenvalue weighted by Gasteiger charge is -2.33. The molecule has 26 heavy (non-hydrogen) atoms. The molecule has 0 spiro atoms. The lowest BCUT2D eigenvalue weighted by molar-refractivity contribution is -0.134. The average Bonchev–Trinajstić information content (AvgIpc) is 2.66. The molecule has 0 aliphatic rings. The Morgan fingerprint density at radius 1 is 1.00 bits per heavy atom. The Bertz CT molecular complexity index is 522. The topological polar surface area (TPSA) is 38.8 Å². The first kappa shape index (κ1) is 22.3. The Labute approximate surface area is 159 Å². The van der Waals surface area contributed by atoms with Crippen LogP contribution in [0.25, 0.3) is 0 Å². The first-order valence-electron chi connectivity index (χ1n) is 10.1. The summed E-state index contributed by atoms with van der Waals surface area (Å²) in [5.41, 5.74) is 1.01. The molecule has 0 N–H and O–H groups in total. The second kappa shape index (κ2) is 12.6. The van der Waals surface area contributed by atoms with Gasteiger partial charge in [-0.1, -0.05) is 58.6 Å². The number of carbonyl (C=O) groups excluding carboxylic acids is 1. The number of para-hydroxylation sites is 1. The first-order chi connectivity index (χ1) is 12.6. The van der Waals surface area contributed by atoms with Crippen LogP contribution < -0.4 is 9.47 Å². The Hall–Kier alpha value is -1.71. The molecule has 148 valence electrons. The molecule has 0 aliphatic heterocycles. The molecule has 0 saturated heterocycles. The highest BCUT2D eigenvalue weighted by molar-refractivity contribution is 5.76. The summed E-state index contributed by atoms with van der Waals surface area (Å²) in [5, 5.41) is 0. The van der Waals surface area contributed by atoms with Gasteiger partial charge in [-0.05, 0) is 25.3 Å². The SMILES string of the molecule is CCCCC(CCCC)N(Cc1cccc(OC)c1OC)C(=O)CCC. The molecule has 0 unspecified atom stereocenters. The summed E-state index contributed by atoms with van der Waals surface area (Å²) >= 11 is 0. The number of amides is 1. The summed E-state index contributed by atoms with van der Waals surface area (Å²) in [7, 11) is 3.30. The lowest BCUT2D eigenvalue weighted by atomic mass is 10.00. The maximum atomic E-state index is 12.9. The van der Waals surface area contributed by atoms with Crippen molar-refractivity contribution in [2.24, 2.45) is 0 Å². The van der Waals surface area contributed by atoms with Crippen molar-refractivity contribution in [1.82, 2.24) is 4.90 Å². The Morgan fingerprint density at radius 2 is 1.65 bits per heavy atom. The van der Waals surface area contributed by atoms with Gasteiger partial charge in [0.1, 0.15) is 0 Å². The summed E-state index contributed by atoms with van der Waals surface area (Å²) in [6, 6.07) is 6.19. The van der Waals surface area contributed by atoms with Crippen LogP contribution in [0.1, 0.15) is 77.7 Å². The molecule has 1 rings (SSSR count). The molecule has 0 aromatic heterocycles. The van der Waals surface area contributed by atoms with Gasteiger partial charge in [-0.2, -0.15) is 0 Å². The molecule has 1 amide bonds. The van der Waals surface area contributed by atoms with E-state index in [1.54, 1.807) is 14.2 Å². The maximum Gasteiger partial charge on any atom is 0.223 e. The van der Waals surface area contributed by atoms with Crippen molar-refractivity contribution >= 4 is 5.91 Å². The van der Waals surface area contributed by atoms with Crippen molar-refractivity contribution in [3.8, 4) is 11.5 Å². The highest BCUT2D eigenvalue weighted by atomic mass is 16.5. The number of carbonyl (C=O) groups is 1. The minimum atomic E-state index is 0.245. The van der Waals surface area contributed by atoms with Crippen molar-refractivity contribution < 1.29 is 14.3 Å². The van der Waals surface area contributed by atoms with Gasteiger partial charge in [0.2, 0.25) is 5.91 Å². The van der Waals surface area contributed by atoms with E-state index in [9.17, 15) is 4.79 Å². The molecule has 1 aromatic rings. The van der Waals surface area contributed by atoms with Crippen LogP contribution in [0.15, 0.2) is 18.2 Å². The zero-order valence-electron chi connectivity index (χ0n) is 17.3. The molecular weight excluding hydrogens is 326 g/mol. The van der Waals surface area contributed by atoms with Crippen LogP contribution in [0, 0.1) is 0 Å². The van der Waals surface area contributed by atoms with Crippen LogP contribution in [-0.2, 0) is 11.3 Å². The largest absolute Gasteiger partial charge is 0.493 e. The van der Waals surface area contributed by atoms with Crippen LogP contribution in [0.3, 0.4) is 0 Å². The van der Waals surface area contributed by atoms with E-state index in [1.807, 2.05) is 18.2 Å². The van der Waals surface area contributed by atoms with Crippen LogP contribution in [0.5, 0.6) is 11.5 Å². The summed E-state index contributed by atoms with van der Waals surface area (Å²) in [5.74, 6) is 1.69. The number of hydrogen-bond acceptors (Lipinski definition) is 3. The van der Waals surface area contributed by atoms with E-state index in [2.05, 4.69) is 25.7 Å². The van der Waals surface area contributed by atoms with Crippen LogP contribution in [0.4, 0.5) is 0 Å². The van der Waals surface area contributed by atoms with Gasteiger partial charge in [0.25, 0.3) is 0 Å². The van der Waals surface area contributed by atoms with Gasteiger partial charge < -0.3 is 14.4 Å². The van der Waals surface area contributed by atoms with Gasteiger partial charge in [0.05, 0.1) is 14.2 Å². The van der Waals surface area contributed by atoms with E-state index in [4.69, 9.17) is 9.47 Å². The number of unbranched alkanes of at least 4 members (excludes halogenated alkanes) is 2. The van der Waals surface area contributed by atoms with E-state index in [-0.39, 0.29) is 5.91 Å². The van der Waals surface area contributed by atoms with Gasteiger partial charge >= 0.3 is 0 Å². The number of hydrogen-bond donors (Lipinski definition) is 0. The van der Waals surface area contributed by atoms with E-state index >= 15 is 0 Å². The smallest absolute Gasteiger partial charge is 0.223 e. The average molecular weight is 364 g/mol. The quantitative estimate of drug-likeness (QED) is 0.459. The van der Waals surface area contributed by atoms with Crippen molar-refractivity contribution in [3.05, 3.63) is 23.8 Å². The molecule has 4 nitrogen and oxygen atoms in total. The molecule has 0 heterocycles. The third-order valence-corrected chi connectivity index (χ3v) is 4.83. The maximum absolute atomic E-state index is 12.9. The zero-order chi connectivity index (χ0) is 19.4. The number of nitrogens with zero attached hydrogens (tertiary/aromatic N) is 1. The molecule has 0 atom stereocenters. The Morgan fingerprint density at radius 3 is 2.15 bits per heavy atom. The van der Waals surface area contributed by atoms with Gasteiger partial charge in [-0.3, -0.25) is 4.79 Å². The van der Waals surface area contributed by atoms with E-state index in [0.717, 1.165) is 56.3 Å². The predicted octanol–water partition coefficient (Wildman–Crippen LogP) is 5.58. The lowest BCUT2D eigenvalue weighted by Crippen LogP contribution is -2.40. The normalized spacial score (nSPS) is 10.8. The molecule has 0 saturated carbocycles. The minimum absolute atomic E-state index is 0.245. The zero-order valence-corrected chi connectivity index (χ0v) is 17.3. The fourth-order valence-electron chi connectivity index (χ4n) is 3.38. The van der Waals surface area contributed by atoms with E-state index < -0.39 is 0 Å².